The summed E-state index contributed by atoms with van der Waals surface area (Å²) in [6.45, 7) is 5.70. The summed E-state index contributed by atoms with van der Waals surface area (Å²) in [6.07, 6.45) is 4.19. The molecule has 2 aromatic carbocycles. The average molecular weight is 419 g/mol. The van der Waals surface area contributed by atoms with E-state index in [-0.39, 0.29) is 5.91 Å². The maximum atomic E-state index is 13.2. The van der Waals surface area contributed by atoms with Gasteiger partial charge in [-0.3, -0.25) is 4.79 Å². The Kier molecular flexibility index (Phi) is 6.64. The number of hydrogen-bond acceptors (Lipinski definition) is 4. The Morgan fingerprint density at radius 3 is 2.17 bits per heavy atom. The van der Waals surface area contributed by atoms with Crippen molar-refractivity contribution in [1.82, 2.24) is 19.7 Å². The van der Waals surface area contributed by atoms with Gasteiger partial charge in [0.05, 0.1) is 5.75 Å². The van der Waals surface area contributed by atoms with E-state index in [0.717, 1.165) is 22.1 Å². The van der Waals surface area contributed by atoms with E-state index in [4.69, 9.17) is 0 Å². The maximum Gasteiger partial charge on any atom is 0.233 e. The highest BCUT2D eigenvalue weighted by Crippen LogP contribution is 2.40. The van der Waals surface area contributed by atoms with E-state index in [1.165, 1.54) is 24.6 Å². The molecule has 0 radical (unpaired) electrons. The maximum absolute atomic E-state index is 13.2. The Balaban J connectivity index is 1.46. The molecule has 1 amide bonds. The molecule has 0 aliphatic heterocycles. The highest BCUT2D eigenvalue weighted by Gasteiger charge is 2.30. The molecular weight excluding hydrogens is 392 g/mol. The largest absolute Gasteiger partial charge is 0.333 e. The average Bonchev–Trinajstić information content (AvgIpc) is 3.55. The summed E-state index contributed by atoms with van der Waals surface area (Å²) in [5.74, 6) is 1.96. The zero-order chi connectivity index (χ0) is 20.8. The molecule has 1 heterocycles. The second-order valence-electron chi connectivity index (χ2n) is 7.52. The van der Waals surface area contributed by atoms with Crippen LogP contribution in [-0.4, -0.2) is 31.3 Å². The summed E-state index contributed by atoms with van der Waals surface area (Å²) < 4.78 is 2.10. The van der Waals surface area contributed by atoms with E-state index in [2.05, 4.69) is 45.6 Å². The van der Waals surface area contributed by atoms with Gasteiger partial charge in [0.25, 0.3) is 0 Å². The number of thioether (sulfide) groups is 1. The second kappa shape index (κ2) is 9.76. The third-order valence-corrected chi connectivity index (χ3v) is 6.06. The summed E-state index contributed by atoms with van der Waals surface area (Å²) in [5.41, 5.74) is 2.25. The van der Waals surface area contributed by atoms with Crippen LogP contribution in [0.25, 0.3) is 0 Å². The lowest BCUT2D eigenvalue weighted by atomic mass is 10.1. The number of amides is 1. The molecule has 3 aromatic rings. The van der Waals surface area contributed by atoms with Gasteiger partial charge in [-0.15, -0.1) is 16.8 Å². The van der Waals surface area contributed by atoms with Crippen LogP contribution < -0.4 is 0 Å². The molecule has 1 fully saturated rings. The summed E-state index contributed by atoms with van der Waals surface area (Å²) in [7, 11) is 0. The molecule has 6 heteroatoms. The Morgan fingerprint density at radius 2 is 1.63 bits per heavy atom. The molecule has 0 saturated heterocycles. The molecule has 4 rings (SSSR count). The van der Waals surface area contributed by atoms with Crippen LogP contribution in [0.5, 0.6) is 0 Å². The smallest absolute Gasteiger partial charge is 0.233 e. The first-order chi connectivity index (χ1) is 14.7. The van der Waals surface area contributed by atoms with Crippen LogP contribution in [0.1, 0.15) is 35.7 Å². The van der Waals surface area contributed by atoms with Crippen LogP contribution in [0.4, 0.5) is 0 Å². The zero-order valence-electron chi connectivity index (χ0n) is 17.0. The molecule has 1 aliphatic carbocycles. The van der Waals surface area contributed by atoms with Gasteiger partial charge in [-0.25, -0.2) is 0 Å². The molecule has 154 valence electrons. The van der Waals surface area contributed by atoms with E-state index >= 15 is 0 Å². The number of carbonyl (C=O) groups is 1. The van der Waals surface area contributed by atoms with E-state index < -0.39 is 0 Å². The molecule has 0 spiro atoms. The standard InChI is InChI=1S/C24H26N4OS/c1-2-15-28-23(21-13-14-21)25-26-24(28)30-18-22(29)27(16-19-9-5-3-6-10-19)17-20-11-7-4-8-12-20/h2-12,21H,1,13-18H2. The number of rotatable bonds is 10. The van der Waals surface area contributed by atoms with Crippen molar-refractivity contribution in [1.29, 1.82) is 0 Å². The van der Waals surface area contributed by atoms with Crippen molar-refractivity contribution in [2.45, 2.75) is 43.6 Å². The van der Waals surface area contributed by atoms with Crippen molar-refractivity contribution in [2.24, 2.45) is 0 Å². The minimum atomic E-state index is 0.0915. The van der Waals surface area contributed by atoms with Crippen molar-refractivity contribution in [3.05, 3.63) is 90.3 Å². The Hall–Kier alpha value is -2.86. The minimum Gasteiger partial charge on any atom is -0.333 e. The monoisotopic (exact) mass is 418 g/mol. The van der Waals surface area contributed by atoms with Gasteiger partial charge < -0.3 is 9.47 Å². The SMILES string of the molecule is C=CCn1c(SCC(=O)N(Cc2ccccc2)Cc2ccccc2)nnc1C1CC1. The molecule has 0 N–H and O–H groups in total. The first kappa shape index (κ1) is 20.4. The molecule has 1 saturated carbocycles. The predicted molar refractivity (Wildman–Crippen MR) is 120 cm³/mol. The van der Waals surface area contributed by atoms with Crippen LogP contribution in [0.15, 0.2) is 78.5 Å². The van der Waals surface area contributed by atoms with Gasteiger partial charge in [0.15, 0.2) is 5.16 Å². The summed E-state index contributed by atoms with van der Waals surface area (Å²) >= 11 is 1.46. The number of aromatic nitrogens is 3. The number of hydrogen-bond donors (Lipinski definition) is 0. The molecule has 0 bridgehead atoms. The van der Waals surface area contributed by atoms with Gasteiger partial charge in [0.1, 0.15) is 5.82 Å². The molecule has 1 aliphatic rings. The normalized spacial score (nSPS) is 13.2. The lowest BCUT2D eigenvalue weighted by Crippen LogP contribution is -2.31. The Bertz CT molecular complexity index is 941. The number of nitrogens with zero attached hydrogens (tertiary/aromatic N) is 4. The number of allylic oxidation sites excluding steroid dienone is 1. The first-order valence-corrected chi connectivity index (χ1v) is 11.3. The van der Waals surface area contributed by atoms with E-state index in [1.54, 1.807) is 0 Å². The molecule has 5 nitrogen and oxygen atoms in total. The topological polar surface area (TPSA) is 51.0 Å². The summed E-state index contributed by atoms with van der Waals surface area (Å²) in [4.78, 5) is 15.1. The van der Waals surface area contributed by atoms with Crippen molar-refractivity contribution < 1.29 is 4.79 Å². The van der Waals surface area contributed by atoms with Crippen molar-refractivity contribution in [2.75, 3.05) is 5.75 Å². The van der Waals surface area contributed by atoms with E-state index in [1.807, 2.05) is 47.4 Å². The van der Waals surface area contributed by atoms with Crippen molar-refractivity contribution in [3.8, 4) is 0 Å². The van der Waals surface area contributed by atoms with Gasteiger partial charge in [-0.2, -0.15) is 0 Å². The highest BCUT2D eigenvalue weighted by molar-refractivity contribution is 7.99. The van der Waals surface area contributed by atoms with Crippen LogP contribution in [0.3, 0.4) is 0 Å². The zero-order valence-corrected chi connectivity index (χ0v) is 17.8. The van der Waals surface area contributed by atoms with Crippen LogP contribution >= 0.6 is 11.8 Å². The third-order valence-electron chi connectivity index (χ3n) is 5.11. The van der Waals surface area contributed by atoms with E-state index in [0.29, 0.717) is 31.3 Å². The van der Waals surface area contributed by atoms with Crippen LogP contribution in [0, 0.1) is 0 Å². The van der Waals surface area contributed by atoms with E-state index in [9.17, 15) is 4.79 Å². The fourth-order valence-corrected chi connectivity index (χ4v) is 4.27. The van der Waals surface area contributed by atoms with Crippen molar-refractivity contribution in [3.63, 3.8) is 0 Å². The first-order valence-electron chi connectivity index (χ1n) is 10.3. The molecular formula is C24H26N4OS. The third kappa shape index (κ3) is 5.19. The van der Waals surface area contributed by atoms with Gasteiger partial charge in [-0.05, 0) is 24.0 Å². The van der Waals surface area contributed by atoms with Crippen molar-refractivity contribution >= 4 is 17.7 Å². The summed E-state index contributed by atoms with van der Waals surface area (Å²) in [5, 5.41) is 9.52. The second-order valence-corrected chi connectivity index (χ2v) is 8.47. The summed E-state index contributed by atoms with van der Waals surface area (Å²) in [6, 6.07) is 20.2. The Morgan fingerprint density at radius 1 is 1.03 bits per heavy atom. The van der Waals surface area contributed by atoms with Gasteiger partial charge in [0, 0.05) is 25.6 Å². The van der Waals surface area contributed by atoms with Gasteiger partial charge in [-0.1, -0.05) is 78.5 Å². The number of carbonyl (C=O) groups excluding carboxylic acids is 1. The lowest BCUT2D eigenvalue weighted by Gasteiger charge is -2.23. The molecule has 0 atom stereocenters. The van der Waals surface area contributed by atoms with Gasteiger partial charge in [0.2, 0.25) is 5.91 Å². The molecule has 1 aromatic heterocycles. The minimum absolute atomic E-state index is 0.0915. The van der Waals surface area contributed by atoms with Crippen LogP contribution in [-0.2, 0) is 24.4 Å². The Labute approximate surface area is 181 Å². The fraction of sp³-hybridized carbons (Fsp3) is 0.292. The quantitative estimate of drug-likeness (QED) is 0.355. The highest BCUT2D eigenvalue weighted by atomic mass is 32.2. The number of benzene rings is 2. The lowest BCUT2D eigenvalue weighted by molar-refractivity contribution is -0.129. The predicted octanol–water partition coefficient (Wildman–Crippen LogP) is 4.66. The molecule has 0 unspecified atom stereocenters. The fourth-order valence-electron chi connectivity index (χ4n) is 3.41. The molecule has 30 heavy (non-hydrogen) atoms. The van der Waals surface area contributed by atoms with Crippen LogP contribution in [0.2, 0.25) is 0 Å². The van der Waals surface area contributed by atoms with Gasteiger partial charge >= 0.3 is 0 Å².